The number of hydrogen-bond acceptors (Lipinski definition) is 5. The van der Waals surface area contributed by atoms with Crippen molar-refractivity contribution in [1.29, 1.82) is 0 Å². The summed E-state index contributed by atoms with van der Waals surface area (Å²) in [5.41, 5.74) is 2.89. The van der Waals surface area contributed by atoms with Crippen LogP contribution in [0.1, 0.15) is 36.0 Å². The molecule has 2 aliphatic rings. The van der Waals surface area contributed by atoms with Crippen LogP contribution in [0.2, 0.25) is 0 Å². The molecule has 1 saturated carbocycles. The molecule has 214 valence electrons. The second kappa shape index (κ2) is 13.3. The van der Waals surface area contributed by atoms with Crippen LogP contribution in [0.5, 0.6) is 11.5 Å². The summed E-state index contributed by atoms with van der Waals surface area (Å²) in [6.45, 7) is 0.885. The van der Waals surface area contributed by atoms with E-state index >= 15 is 0 Å². The lowest BCUT2D eigenvalue weighted by atomic mass is 9.83. The third kappa shape index (κ3) is 6.93. The summed E-state index contributed by atoms with van der Waals surface area (Å²) in [4.78, 5) is 29.7. The van der Waals surface area contributed by atoms with Crippen LogP contribution < -0.4 is 14.8 Å². The highest BCUT2D eigenvalue weighted by atomic mass is 32.2. The van der Waals surface area contributed by atoms with E-state index < -0.39 is 0 Å². The Hall–Kier alpha value is -3.78. The number of ether oxygens (including phenoxy) is 2. The molecule has 1 saturated heterocycles. The van der Waals surface area contributed by atoms with E-state index in [2.05, 4.69) is 5.32 Å². The topological polar surface area (TPSA) is 67.9 Å². The van der Waals surface area contributed by atoms with Gasteiger partial charge in [-0.1, -0.05) is 48.5 Å². The predicted molar refractivity (Wildman–Crippen MR) is 160 cm³/mol. The first-order valence-electron chi connectivity index (χ1n) is 13.9. The van der Waals surface area contributed by atoms with Gasteiger partial charge in [0.1, 0.15) is 5.82 Å². The first-order valence-corrected chi connectivity index (χ1v) is 14.8. The molecule has 3 unspecified atom stereocenters. The van der Waals surface area contributed by atoms with Gasteiger partial charge in [0, 0.05) is 30.3 Å². The molecule has 0 radical (unpaired) electrons. The van der Waals surface area contributed by atoms with Gasteiger partial charge in [0.05, 0.1) is 19.1 Å². The van der Waals surface area contributed by atoms with E-state index in [1.54, 1.807) is 38.1 Å². The van der Waals surface area contributed by atoms with Gasteiger partial charge in [-0.2, -0.15) is 0 Å². The van der Waals surface area contributed by atoms with E-state index in [0.29, 0.717) is 42.3 Å². The molecular formula is C33H35FN2O4S. The Morgan fingerprint density at radius 3 is 2.46 bits per heavy atom. The monoisotopic (exact) mass is 574 g/mol. The van der Waals surface area contributed by atoms with Crippen LogP contribution in [0.25, 0.3) is 6.08 Å². The van der Waals surface area contributed by atoms with Crippen LogP contribution in [0, 0.1) is 11.7 Å². The third-order valence-corrected chi connectivity index (χ3v) is 9.20. The molecule has 2 amide bonds. The van der Waals surface area contributed by atoms with Crippen LogP contribution in [-0.2, 0) is 22.6 Å². The van der Waals surface area contributed by atoms with E-state index in [0.717, 1.165) is 29.5 Å². The molecule has 1 N–H and O–H groups in total. The van der Waals surface area contributed by atoms with Crippen molar-refractivity contribution in [2.45, 2.75) is 43.5 Å². The number of thioether (sulfide) groups is 1. The fourth-order valence-electron chi connectivity index (χ4n) is 5.61. The number of methoxy groups -OCH3 is 2. The van der Waals surface area contributed by atoms with Crippen LogP contribution in [0.15, 0.2) is 77.7 Å². The minimum absolute atomic E-state index is 0.0220. The number of hydrogen-bond donors (Lipinski definition) is 1. The number of rotatable bonds is 9. The molecule has 41 heavy (non-hydrogen) atoms. The van der Waals surface area contributed by atoms with Gasteiger partial charge in [0.2, 0.25) is 5.91 Å². The summed E-state index contributed by atoms with van der Waals surface area (Å²) in [5.74, 6) is 0.831. The maximum atomic E-state index is 13.8. The van der Waals surface area contributed by atoms with Gasteiger partial charge in [-0.3, -0.25) is 9.59 Å². The largest absolute Gasteiger partial charge is 0.493 e. The van der Waals surface area contributed by atoms with Gasteiger partial charge >= 0.3 is 0 Å². The Morgan fingerprint density at radius 2 is 1.73 bits per heavy atom. The molecule has 6 nitrogen and oxygen atoms in total. The van der Waals surface area contributed by atoms with Crippen molar-refractivity contribution in [2.75, 3.05) is 20.8 Å². The molecule has 3 aromatic rings. The molecule has 1 heterocycles. The van der Waals surface area contributed by atoms with E-state index in [-0.39, 0.29) is 34.8 Å². The zero-order valence-corrected chi connectivity index (χ0v) is 24.2. The van der Waals surface area contributed by atoms with Crippen molar-refractivity contribution in [3.63, 3.8) is 0 Å². The molecule has 2 fully saturated rings. The zero-order chi connectivity index (χ0) is 28.8. The van der Waals surface area contributed by atoms with Crippen molar-refractivity contribution < 1.29 is 23.5 Å². The fourth-order valence-corrected chi connectivity index (χ4v) is 7.03. The minimum Gasteiger partial charge on any atom is -0.493 e. The van der Waals surface area contributed by atoms with Crippen LogP contribution in [0.4, 0.5) is 4.39 Å². The van der Waals surface area contributed by atoms with Gasteiger partial charge in [0.25, 0.3) is 5.91 Å². The minimum atomic E-state index is -0.306. The third-order valence-electron chi connectivity index (χ3n) is 7.80. The van der Waals surface area contributed by atoms with Crippen LogP contribution in [-0.4, -0.2) is 48.8 Å². The number of nitrogens with one attached hydrogen (secondary N) is 1. The van der Waals surface area contributed by atoms with Gasteiger partial charge in [-0.25, -0.2) is 4.39 Å². The molecule has 8 heteroatoms. The molecule has 0 aromatic heterocycles. The van der Waals surface area contributed by atoms with E-state index in [9.17, 15) is 14.0 Å². The number of nitrogens with zero attached hydrogens (tertiary/aromatic N) is 1. The number of amides is 2. The summed E-state index contributed by atoms with van der Waals surface area (Å²) in [5, 5.41) is 3.31. The van der Waals surface area contributed by atoms with E-state index in [1.165, 1.54) is 12.1 Å². The Kier molecular flexibility index (Phi) is 9.29. The highest BCUT2D eigenvalue weighted by Gasteiger charge is 2.44. The quantitative estimate of drug-likeness (QED) is 0.325. The zero-order valence-electron chi connectivity index (χ0n) is 23.3. The second-order valence-electron chi connectivity index (χ2n) is 10.4. The molecule has 0 spiro atoms. The van der Waals surface area contributed by atoms with Crippen molar-refractivity contribution in [3.05, 3.63) is 100 Å². The Labute approximate surface area is 244 Å². The summed E-state index contributed by atoms with van der Waals surface area (Å²) in [6.07, 6.45) is 4.83. The first-order chi connectivity index (χ1) is 19.9. The second-order valence-corrected chi connectivity index (χ2v) is 11.7. The molecule has 1 aliphatic heterocycles. The van der Waals surface area contributed by atoms with E-state index in [4.69, 9.17) is 9.47 Å². The molecule has 1 aliphatic carbocycles. The number of halogens is 1. The van der Waals surface area contributed by atoms with Crippen molar-refractivity contribution in [2.24, 2.45) is 5.92 Å². The average molecular weight is 575 g/mol. The number of carbonyl (C=O) groups excluding carboxylic acids is 2. The summed E-state index contributed by atoms with van der Waals surface area (Å²) < 4.78 is 24.3. The lowest BCUT2D eigenvalue weighted by molar-refractivity contribution is -0.133. The Bertz CT molecular complexity index is 1400. The van der Waals surface area contributed by atoms with Crippen molar-refractivity contribution in [1.82, 2.24) is 10.2 Å². The predicted octanol–water partition coefficient (Wildman–Crippen LogP) is 5.86. The first kappa shape index (κ1) is 28.7. The van der Waals surface area contributed by atoms with Crippen molar-refractivity contribution >= 4 is 29.7 Å². The SMILES string of the molecule is COc1ccc(CCNC(=O)C2CCC3S/C(=C\c4ccccc4)C(=O)N(Cc4ccc(F)cc4)C3C2)cc1OC. The molecule has 3 atom stereocenters. The maximum Gasteiger partial charge on any atom is 0.260 e. The maximum absolute atomic E-state index is 13.8. The lowest BCUT2D eigenvalue weighted by Crippen LogP contribution is -2.53. The molecule has 3 aromatic carbocycles. The smallest absolute Gasteiger partial charge is 0.260 e. The normalized spacial score (nSPS) is 21.3. The highest BCUT2D eigenvalue weighted by Crippen LogP contribution is 2.44. The van der Waals surface area contributed by atoms with E-state index in [1.807, 2.05) is 59.5 Å². The molecule has 0 bridgehead atoms. The van der Waals surface area contributed by atoms with Gasteiger partial charge in [0.15, 0.2) is 11.5 Å². The summed E-state index contributed by atoms with van der Waals surface area (Å²) >= 11 is 1.63. The lowest BCUT2D eigenvalue weighted by Gasteiger charge is -2.46. The van der Waals surface area contributed by atoms with Crippen LogP contribution in [0.3, 0.4) is 0 Å². The highest BCUT2D eigenvalue weighted by molar-refractivity contribution is 8.04. The average Bonchev–Trinajstić information content (AvgIpc) is 3.00. The number of fused-ring (bicyclic) bond motifs is 1. The number of benzene rings is 3. The van der Waals surface area contributed by atoms with Gasteiger partial charge in [-0.15, -0.1) is 11.8 Å². The number of carbonyl (C=O) groups is 2. The summed E-state index contributed by atoms with van der Waals surface area (Å²) in [7, 11) is 3.21. The standard InChI is InChI=1S/C33H35FN2O4S/c1-39-28-14-10-23(18-29(28)40-2)16-17-35-32(37)25-11-15-30-27(20-25)36(21-24-8-12-26(34)13-9-24)33(38)31(41-30)19-22-6-4-3-5-7-22/h3-10,12-14,18-19,25,27,30H,11,15-17,20-21H2,1-2H3,(H,35,37)/b31-19-. The van der Waals surface area contributed by atoms with Crippen molar-refractivity contribution in [3.8, 4) is 11.5 Å². The summed E-state index contributed by atoms with van der Waals surface area (Å²) in [6, 6.07) is 21.8. The Balaban J connectivity index is 1.28. The molecular weight excluding hydrogens is 539 g/mol. The van der Waals surface area contributed by atoms with Crippen LogP contribution >= 0.6 is 11.8 Å². The van der Waals surface area contributed by atoms with Gasteiger partial charge in [-0.05, 0) is 72.7 Å². The molecule has 5 rings (SSSR count). The fraction of sp³-hybridized carbons (Fsp3) is 0.333. The van der Waals surface area contributed by atoms with Gasteiger partial charge < -0.3 is 19.7 Å². The Morgan fingerprint density at radius 1 is 1.00 bits per heavy atom.